The van der Waals surface area contributed by atoms with Gasteiger partial charge in [-0.1, -0.05) is 26.0 Å². The number of hydrogen-bond donors (Lipinski definition) is 0. The Balaban J connectivity index is 2.00. The molecule has 0 aromatic carbocycles. The molecule has 0 spiro atoms. The van der Waals surface area contributed by atoms with Crippen LogP contribution >= 0.6 is 0 Å². The van der Waals surface area contributed by atoms with E-state index in [0.29, 0.717) is 0 Å². The molecule has 2 atom stereocenters. The van der Waals surface area contributed by atoms with Gasteiger partial charge in [0.2, 0.25) is 0 Å². The minimum absolute atomic E-state index is 0.948. The average Bonchev–Trinajstić information content (AvgIpc) is 2.87. The van der Waals surface area contributed by atoms with Crippen LogP contribution in [0.1, 0.15) is 26.2 Å². The first-order valence-corrected chi connectivity index (χ1v) is 5.53. The fourth-order valence-electron chi connectivity index (χ4n) is 2.91. The molecule has 0 bridgehead atoms. The number of rotatable bonds is 2. The molecule has 0 aliphatic carbocycles. The van der Waals surface area contributed by atoms with Crippen LogP contribution < -0.4 is 0 Å². The summed E-state index contributed by atoms with van der Waals surface area (Å²) in [6.45, 7) is 4.77. The Morgan fingerprint density at radius 2 is 2.17 bits per heavy atom. The van der Waals surface area contributed by atoms with Crippen molar-refractivity contribution in [2.24, 2.45) is 5.92 Å². The molecule has 0 N–H and O–H groups in total. The minimum Gasteiger partial charge on any atom is -0.310 e. The van der Waals surface area contributed by atoms with Gasteiger partial charge in [-0.15, -0.1) is 0 Å². The Hall–Kier alpha value is 0.0249. The second kappa shape index (κ2) is 3.41. The SMILES string of the molecule is CCC1CCCN(C)C1B1CC1. The highest BCUT2D eigenvalue weighted by atomic mass is 15.1. The molecule has 0 amide bonds. The molecule has 2 aliphatic heterocycles. The van der Waals surface area contributed by atoms with Crippen molar-refractivity contribution < 1.29 is 0 Å². The van der Waals surface area contributed by atoms with Gasteiger partial charge in [0.1, 0.15) is 0 Å². The van der Waals surface area contributed by atoms with Gasteiger partial charge in [-0.05, 0) is 38.3 Å². The third-order valence-corrected chi connectivity index (χ3v) is 3.71. The van der Waals surface area contributed by atoms with Crippen molar-refractivity contribution in [3.05, 3.63) is 0 Å². The zero-order chi connectivity index (χ0) is 8.55. The molecule has 2 rings (SSSR count). The normalized spacial score (nSPS) is 37.0. The third-order valence-electron chi connectivity index (χ3n) is 3.71. The van der Waals surface area contributed by atoms with Crippen LogP contribution in [0.25, 0.3) is 0 Å². The second-order valence-corrected chi connectivity index (χ2v) is 4.62. The van der Waals surface area contributed by atoms with E-state index < -0.39 is 0 Å². The summed E-state index contributed by atoms with van der Waals surface area (Å²) in [7, 11) is 2.32. The smallest absolute Gasteiger partial charge is 0.159 e. The molecule has 2 heteroatoms. The standard InChI is InChI=1S/C10H20BN/c1-3-9-5-4-8-12(2)10(9)11-6-7-11/h9-10H,3-8H2,1-2H3. The predicted molar refractivity (Wildman–Crippen MR) is 54.8 cm³/mol. The molecule has 68 valence electrons. The average molecular weight is 165 g/mol. The minimum atomic E-state index is 0.948. The molecule has 0 saturated carbocycles. The van der Waals surface area contributed by atoms with E-state index in [1.54, 1.807) is 0 Å². The molecule has 2 fully saturated rings. The van der Waals surface area contributed by atoms with Gasteiger partial charge in [-0.2, -0.15) is 0 Å². The molecule has 0 aromatic heterocycles. The van der Waals surface area contributed by atoms with E-state index in [-0.39, 0.29) is 0 Å². The van der Waals surface area contributed by atoms with E-state index >= 15 is 0 Å². The quantitative estimate of drug-likeness (QED) is 0.566. The Bertz CT molecular complexity index is 156. The summed E-state index contributed by atoms with van der Waals surface area (Å²) in [6, 6.07) is 0. The van der Waals surface area contributed by atoms with Crippen molar-refractivity contribution in [2.45, 2.75) is 44.8 Å². The molecule has 0 aromatic rings. The monoisotopic (exact) mass is 165 g/mol. The highest BCUT2D eigenvalue weighted by Crippen LogP contribution is 2.36. The molecular weight excluding hydrogens is 145 g/mol. The fourth-order valence-corrected chi connectivity index (χ4v) is 2.91. The molecule has 2 heterocycles. The largest absolute Gasteiger partial charge is 0.310 e. The van der Waals surface area contributed by atoms with E-state index in [9.17, 15) is 0 Å². The van der Waals surface area contributed by atoms with Crippen molar-refractivity contribution in [1.29, 1.82) is 0 Å². The summed E-state index contributed by atoms with van der Waals surface area (Å²) >= 11 is 0. The number of likely N-dealkylation sites (tertiary alicyclic amines) is 1. The molecule has 0 radical (unpaired) electrons. The lowest BCUT2D eigenvalue weighted by molar-refractivity contribution is 0.172. The zero-order valence-electron chi connectivity index (χ0n) is 8.42. The molecular formula is C10H20BN. The van der Waals surface area contributed by atoms with Crippen molar-refractivity contribution in [3.8, 4) is 0 Å². The predicted octanol–water partition coefficient (Wildman–Crippen LogP) is 2.15. The molecule has 1 nitrogen and oxygen atoms in total. The Labute approximate surface area is 76.6 Å². The Morgan fingerprint density at radius 3 is 2.75 bits per heavy atom. The van der Waals surface area contributed by atoms with E-state index in [1.807, 2.05) is 0 Å². The lowest BCUT2D eigenvalue weighted by Crippen LogP contribution is -2.47. The topological polar surface area (TPSA) is 3.24 Å². The van der Waals surface area contributed by atoms with Crippen LogP contribution in [-0.2, 0) is 0 Å². The maximum Gasteiger partial charge on any atom is 0.159 e. The summed E-state index contributed by atoms with van der Waals surface area (Å²) in [5.41, 5.74) is 0. The van der Waals surface area contributed by atoms with Crippen molar-refractivity contribution >= 4 is 6.71 Å². The number of nitrogens with zero attached hydrogens (tertiary/aromatic N) is 1. The molecule has 12 heavy (non-hydrogen) atoms. The first kappa shape index (κ1) is 8.62. The highest BCUT2D eigenvalue weighted by Gasteiger charge is 2.42. The van der Waals surface area contributed by atoms with Crippen LogP contribution in [-0.4, -0.2) is 31.1 Å². The van der Waals surface area contributed by atoms with E-state index in [1.165, 1.54) is 38.4 Å². The summed E-state index contributed by atoms with van der Waals surface area (Å²) in [6.07, 6.45) is 7.32. The van der Waals surface area contributed by atoms with Gasteiger partial charge in [0.05, 0.1) is 0 Å². The van der Waals surface area contributed by atoms with Gasteiger partial charge in [0.25, 0.3) is 0 Å². The highest BCUT2D eigenvalue weighted by molar-refractivity contribution is 6.71. The van der Waals surface area contributed by atoms with Crippen molar-refractivity contribution in [1.82, 2.24) is 4.90 Å². The van der Waals surface area contributed by atoms with E-state index in [0.717, 1.165) is 18.6 Å². The van der Waals surface area contributed by atoms with Gasteiger partial charge >= 0.3 is 0 Å². The lowest BCUT2D eigenvalue weighted by Gasteiger charge is -2.39. The van der Waals surface area contributed by atoms with Crippen LogP contribution in [0.4, 0.5) is 0 Å². The second-order valence-electron chi connectivity index (χ2n) is 4.62. The Kier molecular flexibility index (Phi) is 2.45. The maximum absolute atomic E-state index is 2.62. The van der Waals surface area contributed by atoms with Crippen molar-refractivity contribution in [2.75, 3.05) is 13.6 Å². The first-order valence-electron chi connectivity index (χ1n) is 5.53. The molecule has 2 saturated heterocycles. The summed E-state index contributed by atoms with van der Waals surface area (Å²) < 4.78 is 0. The van der Waals surface area contributed by atoms with Crippen molar-refractivity contribution in [3.63, 3.8) is 0 Å². The molecule has 2 aliphatic rings. The van der Waals surface area contributed by atoms with Gasteiger partial charge in [-0.3, -0.25) is 0 Å². The van der Waals surface area contributed by atoms with Gasteiger partial charge in [-0.25, -0.2) is 0 Å². The van der Waals surface area contributed by atoms with Crippen LogP contribution in [0.5, 0.6) is 0 Å². The Morgan fingerprint density at radius 1 is 1.42 bits per heavy atom. The summed E-state index contributed by atoms with van der Waals surface area (Å²) in [4.78, 5) is 2.62. The van der Waals surface area contributed by atoms with Gasteiger partial charge in [0, 0.05) is 0 Å². The van der Waals surface area contributed by atoms with Gasteiger partial charge in [0.15, 0.2) is 6.71 Å². The van der Waals surface area contributed by atoms with Crippen LogP contribution in [0.3, 0.4) is 0 Å². The van der Waals surface area contributed by atoms with Crippen LogP contribution in [0.2, 0.25) is 12.6 Å². The summed E-state index contributed by atoms with van der Waals surface area (Å²) in [5, 5.41) is 0. The van der Waals surface area contributed by atoms with Gasteiger partial charge < -0.3 is 4.90 Å². The third kappa shape index (κ3) is 1.54. The van der Waals surface area contributed by atoms with E-state index in [4.69, 9.17) is 0 Å². The number of piperidine rings is 1. The maximum atomic E-state index is 2.62. The lowest BCUT2D eigenvalue weighted by atomic mass is 9.55. The summed E-state index contributed by atoms with van der Waals surface area (Å²) in [5.74, 6) is 1.96. The zero-order valence-corrected chi connectivity index (χ0v) is 8.42. The van der Waals surface area contributed by atoms with E-state index in [2.05, 4.69) is 18.9 Å². The molecule has 2 unspecified atom stereocenters. The van der Waals surface area contributed by atoms with Crippen LogP contribution in [0.15, 0.2) is 0 Å². The van der Waals surface area contributed by atoms with Crippen LogP contribution in [0, 0.1) is 5.92 Å². The number of hydrogen-bond acceptors (Lipinski definition) is 1. The fraction of sp³-hybridized carbons (Fsp3) is 1.00. The first-order chi connectivity index (χ1) is 5.83.